The molecule has 0 fully saturated rings. The molecule has 0 saturated carbocycles. The van der Waals surface area contributed by atoms with Crippen molar-refractivity contribution >= 4 is 30.9 Å². The summed E-state index contributed by atoms with van der Waals surface area (Å²) in [5, 5.41) is 11.0. The minimum Gasteiger partial charge on any atom is -0.456 e. The van der Waals surface area contributed by atoms with E-state index in [1.165, 1.54) is 23.5 Å². The molecule has 2 aromatic carbocycles. The van der Waals surface area contributed by atoms with Crippen molar-refractivity contribution in [3.63, 3.8) is 0 Å². The maximum Gasteiger partial charge on any atom is 0.416 e. The maximum absolute atomic E-state index is 12.7. The van der Waals surface area contributed by atoms with Crippen LogP contribution in [0.5, 0.6) is 11.5 Å². The van der Waals surface area contributed by atoms with Gasteiger partial charge in [0.25, 0.3) is 5.69 Å². The predicted octanol–water partition coefficient (Wildman–Crippen LogP) is 5.60. The summed E-state index contributed by atoms with van der Waals surface area (Å²) in [7, 11) is -2.43. The fourth-order valence-corrected chi connectivity index (χ4v) is 3.33. The zero-order valence-electron chi connectivity index (χ0n) is 14.3. The summed E-state index contributed by atoms with van der Waals surface area (Å²) in [6, 6.07) is 6.14. The van der Waals surface area contributed by atoms with Gasteiger partial charge < -0.3 is 14.0 Å². The fraction of sp³-hybridized carbons (Fsp3) is 0.176. The third kappa shape index (κ3) is 4.97. The number of nitrogens with zero attached hydrogens (tertiary/aromatic N) is 2. The molecule has 0 spiro atoms. The van der Waals surface area contributed by atoms with Crippen LogP contribution in [0.15, 0.2) is 36.4 Å². The van der Waals surface area contributed by atoms with Crippen molar-refractivity contribution in [3.8, 4) is 23.8 Å². The van der Waals surface area contributed by atoms with Gasteiger partial charge in [0.15, 0.2) is 7.95 Å². The van der Waals surface area contributed by atoms with Crippen LogP contribution in [-0.4, -0.2) is 18.1 Å². The van der Waals surface area contributed by atoms with Crippen molar-refractivity contribution in [2.24, 2.45) is 0 Å². The lowest BCUT2D eigenvalue weighted by Crippen LogP contribution is -2.15. The smallest absolute Gasteiger partial charge is 0.416 e. The lowest BCUT2D eigenvalue weighted by Gasteiger charge is -2.20. The second kappa shape index (κ2) is 8.55. The number of benzene rings is 2. The van der Waals surface area contributed by atoms with Gasteiger partial charge in [0.05, 0.1) is 22.1 Å². The Morgan fingerprint density at radius 2 is 2.00 bits per heavy atom. The van der Waals surface area contributed by atoms with E-state index >= 15 is 0 Å². The molecule has 2 aromatic rings. The zero-order chi connectivity index (χ0) is 21.1. The first-order chi connectivity index (χ1) is 13.0. The SMILES string of the molecule is C#CCN(c1cc(Oc2ccc(C(F)(F)F)cc2Cl)ccc1[N+](=O)[O-])[PH](C)=O. The molecule has 0 bridgehead atoms. The van der Waals surface area contributed by atoms with E-state index in [2.05, 4.69) is 5.92 Å². The van der Waals surface area contributed by atoms with Gasteiger partial charge in [-0.1, -0.05) is 17.5 Å². The molecule has 0 aliphatic rings. The Labute approximate surface area is 163 Å². The number of ether oxygens (including phenoxy) is 1. The third-order valence-corrected chi connectivity index (χ3v) is 5.01. The Kier molecular flexibility index (Phi) is 6.60. The largest absolute Gasteiger partial charge is 0.456 e. The highest BCUT2D eigenvalue weighted by Crippen LogP contribution is 2.41. The van der Waals surface area contributed by atoms with Crippen LogP contribution in [0, 0.1) is 22.5 Å². The Morgan fingerprint density at radius 3 is 2.50 bits per heavy atom. The Balaban J connectivity index is 2.45. The van der Waals surface area contributed by atoms with E-state index in [9.17, 15) is 27.9 Å². The van der Waals surface area contributed by atoms with Crippen molar-refractivity contribution in [2.75, 3.05) is 17.9 Å². The van der Waals surface area contributed by atoms with Crippen LogP contribution in [0.4, 0.5) is 24.5 Å². The predicted molar refractivity (Wildman–Crippen MR) is 101 cm³/mol. The standard InChI is InChI=1S/C17H13ClF3N2O4P/c1-3-8-22(28(2)26)15-10-12(5-6-14(15)23(24)25)27-16-7-4-11(9-13(16)18)17(19,20)21/h1,4-7,9-10,28H,8H2,2H3. The number of rotatable bonds is 6. The second-order valence-electron chi connectivity index (χ2n) is 5.46. The summed E-state index contributed by atoms with van der Waals surface area (Å²) in [4.78, 5) is 10.6. The first kappa shape index (κ1) is 21.6. The molecule has 0 saturated heterocycles. The topological polar surface area (TPSA) is 72.7 Å². The van der Waals surface area contributed by atoms with Gasteiger partial charge in [-0.3, -0.25) is 10.1 Å². The molecule has 0 aliphatic heterocycles. The molecule has 6 nitrogen and oxygen atoms in total. The summed E-state index contributed by atoms with van der Waals surface area (Å²) < 4.78 is 56.8. The summed E-state index contributed by atoms with van der Waals surface area (Å²) in [5.41, 5.74) is -1.32. The van der Waals surface area contributed by atoms with Gasteiger partial charge in [-0.15, -0.1) is 6.42 Å². The van der Waals surface area contributed by atoms with Crippen molar-refractivity contribution in [1.29, 1.82) is 0 Å². The number of hydrogen-bond acceptors (Lipinski definition) is 4. The molecule has 148 valence electrons. The molecule has 0 aliphatic carbocycles. The van der Waals surface area contributed by atoms with Crippen molar-refractivity contribution in [3.05, 3.63) is 57.1 Å². The third-order valence-electron chi connectivity index (χ3n) is 3.55. The molecule has 0 heterocycles. The minimum atomic E-state index is -4.56. The maximum atomic E-state index is 12.7. The number of nitro groups is 1. The van der Waals surface area contributed by atoms with Crippen LogP contribution in [0.2, 0.25) is 5.02 Å². The van der Waals surface area contributed by atoms with Gasteiger partial charge in [-0.25, -0.2) is 0 Å². The molecule has 0 aromatic heterocycles. The van der Waals surface area contributed by atoms with Crippen LogP contribution in [0.25, 0.3) is 0 Å². The molecule has 1 atom stereocenters. The van der Waals surface area contributed by atoms with Crippen LogP contribution in [0.1, 0.15) is 5.56 Å². The Bertz CT molecular complexity index is 976. The quantitative estimate of drug-likeness (QED) is 0.257. The van der Waals surface area contributed by atoms with E-state index < -0.39 is 24.6 Å². The molecule has 0 N–H and O–H groups in total. The number of nitro benzene ring substituents is 1. The second-order valence-corrected chi connectivity index (χ2v) is 7.45. The highest BCUT2D eigenvalue weighted by atomic mass is 35.5. The van der Waals surface area contributed by atoms with Crippen LogP contribution in [-0.2, 0) is 10.7 Å². The molecule has 28 heavy (non-hydrogen) atoms. The van der Waals surface area contributed by atoms with Crippen molar-refractivity contribution in [2.45, 2.75) is 6.18 Å². The molecule has 0 amide bonds. The summed E-state index contributed by atoms with van der Waals surface area (Å²) >= 11 is 5.85. The average Bonchev–Trinajstić information content (AvgIpc) is 2.60. The molecule has 2 rings (SSSR count). The lowest BCUT2D eigenvalue weighted by molar-refractivity contribution is -0.384. The van der Waals surface area contributed by atoms with E-state index in [1.54, 1.807) is 0 Å². The highest BCUT2D eigenvalue weighted by Gasteiger charge is 2.31. The minimum absolute atomic E-state index is 0.0325. The first-order valence-corrected chi connectivity index (χ1v) is 9.82. The van der Waals surface area contributed by atoms with Gasteiger partial charge in [0.2, 0.25) is 0 Å². The molecular weight excluding hydrogens is 420 g/mol. The molecular formula is C17H13ClF3N2O4P. The molecule has 1 unspecified atom stereocenters. The number of anilines is 1. The number of terminal acetylenes is 1. The average molecular weight is 433 g/mol. The number of hydrogen-bond donors (Lipinski definition) is 0. The summed E-state index contributed by atoms with van der Waals surface area (Å²) in [6.45, 7) is 1.23. The van der Waals surface area contributed by atoms with Gasteiger partial charge in [-0.05, 0) is 24.3 Å². The van der Waals surface area contributed by atoms with Gasteiger partial charge in [-0.2, -0.15) is 13.2 Å². The van der Waals surface area contributed by atoms with Crippen LogP contribution >= 0.6 is 19.6 Å². The van der Waals surface area contributed by atoms with E-state index in [4.69, 9.17) is 22.8 Å². The van der Waals surface area contributed by atoms with Crippen molar-refractivity contribution < 1.29 is 27.4 Å². The summed E-state index contributed by atoms with van der Waals surface area (Å²) in [6.07, 6.45) is 0.673. The van der Waals surface area contributed by atoms with Crippen LogP contribution in [0.3, 0.4) is 0 Å². The zero-order valence-corrected chi connectivity index (χ0v) is 16.0. The van der Waals surface area contributed by atoms with E-state index in [0.29, 0.717) is 6.07 Å². The lowest BCUT2D eigenvalue weighted by atomic mass is 10.2. The van der Waals surface area contributed by atoms with Crippen LogP contribution < -0.4 is 9.41 Å². The number of halogens is 4. The Hall–Kier alpha value is -2.69. The van der Waals surface area contributed by atoms with Gasteiger partial charge in [0, 0.05) is 18.8 Å². The molecule has 11 heteroatoms. The van der Waals surface area contributed by atoms with Crippen molar-refractivity contribution in [1.82, 2.24) is 0 Å². The summed E-state index contributed by atoms with van der Waals surface area (Å²) in [5.74, 6) is 2.24. The van der Waals surface area contributed by atoms with E-state index in [0.717, 1.165) is 18.2 Å². The molecule has 0 radical (unpaired) electrons. The van der Waals surface area contributed by atoms with Gasteiger partial charge in [0.1, 0.15) is 17.2 Å². The van der Waals surface area contributed by atoms with E-state index in [-0.39, 0.29) is 34.4 Å². The highest BCUT2D eigenvalue weighted by molar-refractivity contribution is 7.45. The fourth-order valence-electron chi connectivity index (χ4n) is 2.28. The monoisotopic (exact) mass is 432 g/mol. The van der Waals surface area contributed by atoms with E-state index in [1.807, 2.05) is 0 Å². The number of alkyl halides is 3. The van der Waals surface area contributed by atoms with Gasteiger partial charge >= 0.3 is 6.18 Å². The first-order valence-electron chi connectivity index (χ1n) is 7.59. The Morgan fingerprint density at radius 1 is 1.32 bits per heavy atom. The normalized spacial score (nSPS) is 12.1.